The number of hydrogen-bond donors (Lipinski definition) is 0. The Morgan fingerprint density at radius 3 is 2.24 bits per heavy atom. The Hall–Kier alpha value is -2.08. The molecule has 0 fully saturated rings. The number of fused-ring (bicyclic) bond motifs is 5. The maximum Gasteiger partial charge on any atom is 0.0216 e. The molecule has 0 atom stereocenters. The number of hydrogen-bond acceptors (Lipinski definition) is 0. The fourth-order valence-electron chi connectivity index (χ4n) is 4.27. The van der Waals surface area contributed by atoms with Crippen molar-refractivity contribution < 1.29 is 0 Å². The van der Waals surface area contributed by atoms with Gasteiger partial charge in [-0.25, -0.2) is 0 Å². The van der Waals surface area contributed by atoms with E-state index in [-0.39, 0.29) is 5.41 Å². The highest BCUT2D eigenvalue weighted by Crippen LogP contribution is 2.54. The van der Waals surface area contributed by atoms with Crippen LogP contribution in [0.4, 0.5) is 0 Å². The molecular formula is C21H20. The van der Waals surface area contributed by atoms with Gasteiger partial charge >= 0.3 is 0 Å². The fraction of sp³-hybridized carbons (Fsp3) is 0.238. The summed E-state index contributed by atoms with van der Waals surface area (Å²) < 4.78 is 0. The Morgan fingerprint density at radius 2 is 1.43 bits per heavy atom. The lowest BCUT2D eigenvalue weighted by Gasteiger charge is -2.30. The maximum atomic E-state index is 2.33. The molecule has 0 amide bonds. The molecule has 1 aliphatic rings. The van der Waals surface area contributed by atoms with Crippen LogP contribution in [-0.4, -0.2) is 0 Å². The molecule has 0 unspecified atom stereocenters. The van der Waals surface area contributed by atoms with E-state index < -0.39 is 0 Å². The predicted octanol–water partition coefficient (Wildman–Crippen LogP) is 5.93. The summed E-state index contributed by atoms with van der Waals surface area (Å²) in [6.45, 7) is 4.66. The molecular weight excluding hydrogens is 252 g/mol. The van der Waals surface area contributed by atoms with Crippen LogP contribution in [0, 0.1) is 0 Å². The molecule has 0 spiro atoms. The second-order valence-corrected chi connectivity index (χ2v) is 6.04. The number of benzene rings is 3. The van der Waals surface area contributed by atoms with E-state index in [1.807, 2.05) is 0 Å². The van der Waals surface area contributed by atoms with Crippen molar-refractivity contribution in [3.05, 3.63) is 71.8 Å². The van der Waals surface area contributed by atoms with Crippen LogP contribution in [0.3, 0.4) is 0 Å². The molecule has 0 bridgehead atoms. The largest absolute Gasteiger partial charge is 0.0642 e. The van der Waals surface area contributed by atoms with Gasteiger partial charge in [0, 0.05) is 5.41 Å². The van der Waals surface area contributed by atoms with Crippen molar-refractivity contribution in [1.82, 2.24) is 0 Å². The Balaban J connectivity index is 2.19. The van der Waals surface area contributed by atoms with Crippen molar-refractivity contribution in [2.75, 3.05) is 0 Å². The van der Waals surface area contributed by atoms with Crippen molar-refractivity contribution in [1.29, 1.82) is 0 Å². The molecule has 0 heterocycles. The van der Waals surface area contributed by atoms with Crippen LogP contribution in [0.2, 0.25) is 0 Å². The Morgan fingerprint density at radius 1 is 0.714 bits per heavy atom. The van der Waals surface area contributed by atoms with E-state index in [1.165, 1.54) is 27.5 Å². The summed E-state index contributed by atoms with van der Waals surface area (Å²) >= 11 is 0. The first-order chi connectivity index (χ1) is 10.3. The molecule has 21 heavy (non-hydrogen) atoms. The monoisotopic (exact) mass is 272 g/mol. The molecule has 0 aromatic heterocycles. The second-order valence-electron chi connectivity index (χ2n) is 6.04. The van der Waals surface area contributed by atoms with Gasteiger partial charge in [0.15, 0.2) is 0 Å². The first kappa shape index (κ1) is 12.6. The topological polar surface area (TPSA) is 0 Å². The molecule has 1 aliphatic carbocycles. The van der Waals surface area contributed by atoms with E-state index >= 15 is 0 Å². The molecule has 3 aromatic carbocycles. The average Bonchev–Trinajstić information content (AvgIpc) is 2.86. The lowest BCUT2D eigenvalue weighted by atomic mass is 9.72. The summed E-state index contributed by atoms with van der Waals surface area (Å²) in [7, 11) is 0. The van der Waals surface area contributed by atoms with E-state index in [1.54, 1.807) is 5.56 Å². The minimum Gasteiger partial charge on any atom is -0.0642 e. The third kappa shape index (κ3) is 1.51. The van der Waals surface area contributed by atoms with Gasteiger partial charge < -0.3 is 0 Å². The minimum absolute atomic E-state index is 0.173. The van der Waals surface area contributed by atoms with E-state index in [0.29, 0.717) is 0 Å². The van der Waals surface area contributed by atoms with E-state index in [2.05, 4.69) is 74.5 Å². The smallest absolute Gasteiger partial charge is 0.0216 e. The third-order valence-corrected chi connectivity index (χ3v) is 5.35. The van der Waals surface area contributed by atoms with E-state index in [9.17, 15) is 0 Å². The zero-order valence-corrected chi connectivity index (χ0v) is 12.7. The number of rotatable bonds is 2. The Bertz CT molecular complexity index is 822. The van der Waals surface area contributed by atoms with Crippen LogP contribution in [0.15, 0.2) is 60.7 Å². The summed E-state index contributed by atoms with van der Waals surface area (Å²) in [5, 5.41) is 2.78. The van der Waals surface area contributed by atoms with Crippen molar-refractivity contribution in [2.45, 2.75) is 32.1 Å². The van der Waals surface area contributed by atoms with Crippen LogP contribution >= 0.6 is 0 Å². The standard InChI is InChI=1S/C21H20/c1-3-21(4-2)19-12-8-7-11-17(19)18-14-13-15-9-5-6-10-16(15)20(18)21/h5-14H,3-4H2,1-2H3. The van der Waals surface area contributed by atoms with Gasteiger partial charge in [0.25, 0.3) is 0 Å². The lowest BCUT2D eigenvalue weighted by molar-refractivity contribution is 0.494. The Kier molecular flexibility index (Phi) is 2.68. The van der Waals surface area contributed by atoms with Gasteiger partial charge in [-0.2, -0.15) is 0 Å². The summed E-state index contributed by atoms with van der Waals surface area (Å²) in [6.07, 6.45) is 2.31. The molecule has 0 saturated carbocycles. The van der Waals surface area contributed by atoms with Crippen LogP contribution in [0.25, 0.3) is 21.9 Å². The highest BCUT2D eigenvalue weighted by molar-refractivity contribution is 5.97. The minimum atomic E-state index is 0.173. The van der Waals surface area contributed by atoms with Crippen LogP contribution in [0.5, 0.6) is 0 Å². The van der Waals surface area contributed by atoms with Crippen molar-refractivity contribution in [2.24, 2.45) is 0 Å². The van der Waals surface area contributed by atoms with Crippen molar-refractivity contribution >= 4 is 10.8 Å². The summed E-state index contributed by atoms with van der Waals surface area (Å²) in [5.41, 5.74) is 6.11. The van der Waals surface area contributed by atoms with Gasteiger partial charge in [-0.1, -0.05) is 74.5 Å². The van der Waals surface area contributed by atoms with Gasteiger partial charge in [0.1, 0.15) is 0 Å². The molecule has 0 heteroatoms. The molecule has 3 aromatic rings. The van der Waals surface area contributed by atoms with Gasteiger partial charge in [-0.3, -0.25) is 0 Å². The van der Waals surface area contributed by atoms with Crippen LogP contribution in [-0.2, 0) is 5.41 Å². The SMILES string of the molecule is CCC1(CC)c2ccccc2-c2ccc3ccccc3c21. The molecule has 0 nitrogen and oxygen atoms in total. The highest BCUT2D eigenvalue weighted by Gasteiger charge is 2.41. The molecule has 4 rings (SSSR count). The molecule has 0 saturated heterocycles. The predicted molar refractivity (Wildman–Crippen MR) is 90.7 cm³/mol. The zero-order chi connectivity index (χ0) is 14.4. The van der Waals surface area contributed by atoms with Crippen LogP contribution < -0.4 is 0 Å². The van der Waals surface area contributed by atoms with Crippen molar-refractivity contribution in [3.63, 3.8) is 0 Å². The molecule has 0 aliphatic heterocycles. The van der Waals surface area contributed by atoms with E-state index in [0.717, 1.165) is 12.8 Å². The quantitative estimate of drug-likeness (QED) is 0.542. The van der Waals surface area contributed by atoms with Gasteiger partial charge in [-0.15, -0.1) is 0 Å². The maximum absolute atomic E-state index is 2.33. The highest BCUT2D eigenvalue weighted by atomic mass is 14.4. The molecule has 0 N–H and O–H groups in total. The normalized spacial score (nSPS) is 15.0. The summed E-state index contributed by atoms with van der Waals surface area (Å²) in [5.74, 6) is 0. The summed E-state index contributed by atoms with van der Waals surface area (Å²) in [4.78, 5) is 0. The summed E-state index contributed by atoms with van der Waals surface area (Å²) in [6, 6.07) is 22.4. The second kappa shape index (κ2) is 4.46. The van der Waals surface area contributed by atoms with Gasteiger partial charge in [0.2, 0.25) is 0 Å². The Labute approximate surface area is 126 Å². The first-order valence-corrected chi connectivity index (χ1v) is 7.94. The van der Waals surface area contributed by atoms with Gasteiger partial charge in [0.05, 0.1) is 0 Å². The average molecular weight is 272 g/mol. The molecule has 0 radical (unpaired) electrons. The molecule has 104 valence electrons. The fourth-order valence-corrected chi connectivity index (χ4v) is 4.27. The van der Waals surface area contributed by atoms with Gasteiger partial charge in [-0.05, 0) is 45.9 Å². The lowest BCUT2D eigenvalue weighted by Crippen LogP contribution is -2.23. The van der Waals surface area contributed by atoms with E-state index in [4.69, 9.17) is 0 Å². The third-order valence-electron chi connectivity index (χ3n) is 5.35. The zero-order valence-electron chi connectivity index (χ0n) is 12.7. The van der Waals surface area contributed by atoms with Crippen LogP contribution in [0.1, 0.15) is 37.8 Å². The van der Waals surface area contributed by atoms with Crippen molar-refractivity contribution in [3.8, 4) is 11.1 Å². The first-order valence-electron chi connectivity index (χ1n) is 7.94.